The topological polar surface area (TPSA) is 80.5 Å². The Bertz CT molecular complexity index is 1040. The zero-order valence-corrected chi connectivity index (χ0v) is 17.4. The van der Waals surface area contributed by atoms with Gasteiger partial charge in [0.2, 0.25) is 5.91 Å². The third kappa shape index (κ3) is 4.52. The van der Waals surface area contributed by atoms with Gasteiger partial charge in [-0.25, -0.2) is 4.79 Å². The molecule has 8 heteroatoms. The van der Waals surface area contributed by atoms with Gasteiger partial charge in [-0.2, -0.15) is 0 Å². The quantitative estimate of drug-likeness (QED) is 0.596. The van der Waals surface area contributed by atoms with E-state index in [4.69, 9.17) is 11.6 Å². The minimum Gasteiger partial charge on any atom is -0.368 e. The van der Waals surface area contributed by atoms with Crippen LogP contribution in [0.5, 0.6) is 0 Å². The number of nitrogens with zero attached hydrogens (tertiary/aromatic N) is 2. The standard InChI is InChI=1S/C22H24ClN5O2/c1-15(21(29)26-18-5-2-16-8-9-24-20(16)14-18)25-22(30)28-12-10-27(11-13-28)19-6-3-17(23)4-7-19/h2-9,14-15,24H,10-13H2,1H3,(H,25,30)(H,26,29)/t15-/m1/s1. The number of benzene rings is 2. The zero-order chi connectivity index (χ0) is 21.1. The number of rotatable bonds is 4. The van der Waals surface area contributed by atoms with E-state index in [1.165, 1.54) is 0 Å². The van der Waals surface area contributed by atoms with Crippen molar-refractivity contribution < 1.29 is 9.59 Å². The van der Waals surface area contributed by atoms with Crippen LogP contribution >= 0.6 is 11.6 Å². The van der Waals surface area contributed by atoms with Crippen LogP contribution < -0.4 is 15.5 Å². The highest BCUT2D eigenvalue weighted by Crippen LogP contribution is 2.20. The van der Waals surface area contributed by atoms with E-state index in [0.717, 1.165) is 29.7 Å². The normalized spacial score (nSPS) is 15.1. The molecule has 1 aliphatic rings. The van der Waals surface area contributed by atoms with Crippen LogP contribution in [-0.2, 0) is 4.79 Å². The number of hydrogen-bond donors (Lipinski definition) is 3. The summed E-state index contributed by atoms with van der Waals surface area (Å²) < 4.78 is 0. The number of aromatic amines is 1. The fourth-order valence-corrected chi connectivity index (χ4v) is 3.66. The minimum absolute atomic E-state index is 0.228. The molecular weight excluding hydrogens is 402 g/mol. The first-order chi connectivity index (χ1) is 14.5. The molecule has 3 N–H and O–H groups in total. The van der Waals surface area contributed by atoms with E-state index in [2.05, 4.69) is 20.5 Å². The van der Waals surface area contributed by atoms with Gasteiger partial charge in [0, 0.05) is 54.3 Å². The van der Waals surface area contributed by atoms with Crippen molar-refractivity contribution in [3.8, 4) is 0 Å². The summed E-state index contributed by atoms with van der Waals surface area (Å²) >= 11 is 5.95. The zero-order valence-electron chi connectivity index (χ0n) is 16.7. The maximum absolute atomic E-state index is 12.6. The highest BCUT2D eigenvalue weighted by molar-refractivity contribution is 6.30. The first kappa shape index (κ1) is 20.1. The van der Waals surface area contributed by atoms with Crippen LogP contribution in [0.25, 0.3) is 10.9 Å². The van der Waals surface area contributed by atoms with Crippen LogP contribution in [0.15, 0.2) is 54.7 Å². The lowest BCUT2D eigenvalue weighted by molar-refractivity contribution is -0.117. The number of urea groups is 1. The van der Waals surface area contributed by atoms with Crippen molar-refractivity contribution >= 4 is 45.8 Å². The van der Waals surface area contributed by atoms with Crippen molar-refractivity contribution in [3.63, 3.8) is 0 Å². The molecule has 2 heterocycles. The summed E-state index contributed by atoms with van der Waals surface area (Å²) in [7, 11) is 0. The van der Waals surface area contributed by atoms with E-state index in [1.54, 1.807) is 11.8 Å². The summed E-state index contributed by atoms with van der Waals surface area (Å²) in [6.45, 7) is 4.32. The molecule has 1 fully saturated rings. The van der Waals surface area contributed by atoms with Crippen molar-refractivity contribution in [2.45, 2.75) is 13.0 Å². The molecule has 0 saturated carbocycles. The van der Waals surface area contributed by atoms with Crippen molar-refractivity contribution in [2.75, 3.05) is 36.4 Å². The minimum atomic E-state index is -0.647. The number of hydrogen-bond acceptors (Lipinski definition) is 3. The fraction of sp³-hybridized carbons (Fsp3) is 0.273. The van der Waals surface area contributed by atoms with Gasteiger partial charge in [0.25, 0.3) is 0 Å². The van der Waals surface area contributed by atoms with Gasteiger partial charge in [0.05, 0.1) is 0 Å². The average Bonchev–Trinajstić information content (AvgIpc) is 3.22. The SMILES string of the molecule is C[C@@H](NC(=O)N1CCN(c2ccc(Cl)cc2)CC1)C(=O)Nc1ccc2cc[nH]c2c1. The van der Waals surface area contributed by atoms with Crippen LogP contribution in [0, 0.1) is 0 Å². The van der Waals surface area contributed by atoms with E-state index in [-0.39, 0.29) is 11.9 Å². The number of anilines is 2. The number of halogens is 1. The summed E-state index contributed by atoms with van der Waals surface area (Å²) in [5.74, 6) is -0.256. The van der Waals surface area contributed by atoms with Gasteiger partial charge in [-0.3, -0.25) is 4.79 Å². The molecule has 0 radical (unpaired) electrons. The summed E-state index contributed by atoms with van der Waals surface area (Å²) in [6.07, 6.45) is 1.85. The van der Waals surface area contributed by atoms with E-state index < -0.39 is 6.04 Å². The average molecular weight is 426 g/mol. The number of carbonyl (C=O) groups is 2. The molecule has 2 aromatic carbocycles. The molecule has 3 amide bonds. The number of aromatic nitrogens is 1. The van der Waals surface area contributed by atoms with Crippen LogP contribution in [-0.4, -0.2) is 54.0 Å². The highest BCUT2D eigenvalue weighted by atomic mass is 35.5. The molecule has 1 saturated heterocycles. The fourth-order valence-electron chi connectivity index (χ4n) is 3.54. The van der Waals surface area contributed by atoms with Gasteiger partial charge in [-0.05, 0) is 54.8 Å². The highest BCUT2D eigenvalue weighted by Gasteiger charge is 2.24. The Balaban J connectivity index is 1.27. The number of piperazine rings is 1. The first-order valence-corrected chi connectivity index (χ1v) is 10.3. The van der Waals surface area contributed by atoms with Gasteiger partial charge in [-0.15, -0.1) is 0 Å². The van der Waals surface area contributed by atoms with Gasteiger partial charge in [0.15, 0.2) is 0 Å². The summed E-state index contributed by atoms with van der Waals surface area (Å²) in [4.78, 5) is 32.2. The predicted octanol–water partition coefficient (Wildman–Crippen LogP) is 3.68. The Morgan fingerprint density at radius 2 is 1.77 bits per heavy atom. The van der Waals surface area contributed by atoms with Crippen LogP contribution in [0.4, 0.5) is 16.2 Å². The van der Waals surface area contributed by atoms with Gasteiger partial charge in [-0.1, -0.05) is 17.7 Å². The molecule has 0 bridgehead atoms. The predicted molar refractivity (Wildman–Crippen MR) is 120 cm³/mol. The number of nitrogens with one attached hydrogen (secondary N) is 3. The van der Waals surface area contributed by atoms with Gasteiger partial charge >= 0.3 is 6.03 Å². The molecule has 0 spiro atoms. The molecule has 30 heavy (non-hydrogen) atoms. The molecule has 156 valence electrons. The Labute approximate surface area is 180 Å². The monoisotopic (exact) mass is 425 g/mol. The number of amides is 3. The second kappa shape index (κ2) is 8.67. The lowest BCUT2D eigenvalue weighted by atomic mass is 10.2. The van der Waals surface area contributed by atoms with Crippen molar-refractivity contribution in [1.29, 1.82) is 0 Å². The smallest absolute Gasteiger partial charge is 0.318 e. The second-order valence-electron chi connectivity index (χ2n) is 7.39. The third-order valence-corrected chi connectivity index (χ3v) is 5.57. The van der Waals surface area contributed by atoms with E-state index in [9.17, 15) is 9.59 Å². The van der Waals surface area contributed by atoms with E-state index in [1.807, 2.05) is 54.7 Å². The van der Waals surface area contributed by atoms with Crippen molar-refractivity contribution in [1.82, 2.24) is 15.2 Å². The number of fused-ring (bicyclic) bond motifs is 1. The maximum Gasteiger partial charge on any atom is 0.318 e. The van der Waals surface area contributed by atoms with Gasteiger partial charge in [0.1, 0.15) is 6.04 Å². The summed E-state index contributed by atoms with van der Waals surface area (Å²) in [6, 6.07) is 14.4. The summed E-state index contributed by atoms with van der Waals surface area (Å²) in [5.41, 5.74) is 2.72. The van der Waals surface area contributed by atoms with E-state index >= 15 is 0 Å². The van der Waals surface area contributed by atoms with Crippen LogP contribution in [0.3, 0.4) is 0 Å². The molecule has 3 aromatic rings. The number of carbonyl (C=O) groups excluding carboxylic acids is 2. The van der Waals surface area contributed by atoms with Crippen molar-refractivity contribution in [2.24, 2.45) is 0 Å². The summed E-state index contributed by atoms with van der Waals surface area (Å²) in [5, 5.41) is 7.43. The Kier molecular flexibility index (Phi) is 5.81. The van der Waals surface area contributed by atoms with Crippen LogP contribution in [0.1, 0.15) is 6.92 Å². The molecule has 1 aromatic heterocycles. The molecule has 4 rings (SSSR count). The molecule has 0 aliphatic carbocycles. The Hall–Kier alpha value is -3.19. The molecule has 0 unspecified atom stereocenters. The number of H-pyrrole nitrogens is 1. The lowest BCUT2D eigenvalue weighted by Gasteiger charge is -2.36. The van der Waals surface area contributed by atoms with Crippen molar-refractivity contribution in [3.05, 3.63) is 59.8 Å². The van der Waals surface area contributed by atoms with Gasteiger partial charge < -0.3 is 25.4 Å². The van der Waals surface area contributed by atoms with Crippen LogP contribution in [0.2, 0.25) is 5.02 Å². The maximum atomic E-state index is 12.6. The first-order valence-electron chi connectivity index (χ1n) is 9.93. The lowest BCUT2D eigenvalue weighted by Crippen LogP contribution is -2.54. The van der Waals surface area contributed by atoms with E-state index in [0.29, 0.717) is 23.8 Å². The molecule has 1 atom stereocenters. The molecular formula is C22H24ClN5O2. The largest absolute Gasteiger partial charge is 0.368 e. The Morgan fingerprint density at radius 3 is 2.50 bits per heavy atom. The second-order valence-corrected chi connectivity index (χ2v) is 7.83. The molecule has 7 nitrogen and oxygen atoms in total. The Morgan fingerprint density at radius 1 is 1.03 bits per heavy atom. The third-order valence-electron chi connectivity index (χ3n) is 5.31. The molecule has 1 aliphatic heterocycles.